The molecule has 2 amide bonds. The zero-order chi connectivity index (χ0) is 14.0. The molecule has 102 valence electrons. The molecule has 1 fully saturated rings. The third kappa shape index (κ3) is 2.47. The average Bonchev–Trinajstić information content (AvgIpc) is 2.80. The molecule has 1 aromatic carbocycles. The maximum atomic E-state index is 11.9. The monoisotopic (exact) mass is 264 g/mol. The van der Waals surface area contributed by atoms with Crippen molar-refractivity contribution in [2.45, 2.75) is 6.42 Å². The zero-order valence-electron chi connectivity index (χ0n) is 10.9. The minimum Gasteiger partial charge on any atom is -0.493 e. The van der Waals surface area contributed by atoms with Crippen LogP contribution in [0.15, 0.2) is 18.2 Å². The molecule has 0 saturated carbocycles. The van der Waals surface area contributed by atoms with Gasteiger partial charge >= 0.3 is 0 Å². The lowest BCUT2D eigenvalue weighted by atomic mass is 10.1. The van der Waals surface area contributed by atoms with Crippen molar-refractivity contribution in [2.24, 2.45) is 11.7 Å². The first kappa shape index (κ1) is 13.2. The van der Waals surface area contributed by atoms with Gasteiger partial charge in [0.05, 0.1) is 20.1 Å². The van der Waals surface area contributed by atoms with Crippen LogP contribution < -0.4 is 20.1 Å². The van der Waals surface area contributed by atoms with E-state index in [1.165, 1.54) is 12.0 Å². The van der Waals surface area contributed by atoms with Crippen molar-refractivity contribution in [3.05, 3.63) is 18.2 Å². The largest absolute Gasteiger partial charge is 0.493 e. The number of rotatable bonds is 4. The second-order valence-electron chi connectivity index (χ2n) is 4.35. The van der Waals surface area contributed by atoms with Gasteiger partial charge < -0.3 is 20.1 Å². The van der Waals surface area contributed by atoms with Gasteiger partial charge in [-0.1, -0.05) is 0 Å². The maximum absolute atomic E-state index is 11.9. The van der Waals surface area contributed by atoms with Gasteiger partial charge in [0.1, 0.15) is 0 Å². The Hall–Kier alpha value is -2.24. The van der Waals surface area contributed by atoms with Crippen LogP contribution in [-0.4, -0.2) is 32.6 Å². The molecule has 1 atom stereocenters. The van der Waals surface area contributed by atoms with Gasteiger partial charge in [0.2, 0.25) is 11.8 Å². The van der Waals surface area contributed by atoms with Crippen molar-refractivity contribution in [2.75, 3.05) is 25.7 Å². The highest BCUT2D eigenvalue weighted by Crippen LogP contribution is 2.33. The van der Waals surface area contributed by atoms with Crippen LogP contribution in [-0.2, 0) is 9.59 Å². The standard InChI is InChI=1S/C13H16N2O4/c1-18-10-4-3-9(6-11(10)19-2)15-7-8(13(14)17)5-12(15)16/h3-4,6,8H,5,7H2,1-2H3,(H2,14,17)/t8-/m1/s1. The fraction of sp³-hybridized carbons (Fsp3) is 0.385. The van der Waals surface area contributed by atoms with Crippen LogP contribution >= 0.6 is 0 Å². The minimum absolute atomic E-state index is 0.115. The van der Waals surface area contributed by atoms with Crippen LogP contribution in [0.4, 0.5) is 5.69 Å². The van der Waals surface area contributed by atoms with E-state index in [-0.39, 0.29) is 12.3 Å². The van der Waals surface area contributed by atoms with Crippen LogP contribution in [0.25, 0.3) is 0 Å². The normalized spacial score (nSPS) is 18.5. The van der Waals surface area contributed by atoms with Crippen molar-refractivity contribution in [3.8, 4) is 11.5 Å². The molecule has 0 aromatic heterocycles. The predicted molar refractivity (Wildman–Crippen MR) is 69.2 cm³/mol. The second-order valence-corrected chi connectivity index (χ2v) is 4.35. The number of ether oxygens (including phenoxy) is 2. The minimum atomic E-state index is -0.448. The Morgan fingerprint density at radius 1 is 1.32 bits per heavy atom. The van der Waals surface area contributed by atoms with Crippen molar-refractivity contribution in [1.82, 2.24) is 0 Å². The van der Waals surface area contributed by atoms with Gasteiger partial charge in [-0.3, -0.25) is 9.59 Å². The molecule has 6 heteroatoms. The molecule has 0 aliphatic carbocycles. The molecule has 1 heterocycles. The Morgan fingerprint density at radius 3 is 2.53 bits per heavy atom. The van der Waals surface area contributed by atoms with Gasteiger partial charge in [-0.05, 0) is 12.1 Å². The highest BCUT2D eigenvalue weighted by atomic mass is 16.5. The van der Waals surface area contributed by atoms with E-state index < -0.39 is 11.8 Å². The summed E-state index contributed by atoms with van der Waals surface area (Å²) >= 11 is 0. The Balaban J connectivity index is 2.27. The number of carbonyl (C=O) groups excluding carboxylic acids is 2. The number of hydrogen-bond donors (Lipinski definition) is 1. The molecule has 0 spiro atoms. The van der Waals surface area contributed by atoms with Gasteiger partial charge in [0, 0.05) is 24.7 Å². The van der Waals surface area contributed by atoms with Gasteiger partial charge in [-0.2, -0.15) is 0 Å². The highest BCUT2D eigenvalue weighted by Gasteiger charge is 2.34. The van der Waals surface area contributed by atoms with Crippen LogP contribution in [0.1, 0.15) is 6.42 Å². The van der Waals surface area contributed by atoms with E-state index in [1.54, 1.807) is 25.3 Å². The number of methoxy groups -OCH3 is 2. The summed E-state index contributed by atoms with van der Waals surface area (Å²) in [6.07, 6.45) is 0.156. The maximum Gasteiger partial charge on any atom is 0.227 e. The van der Waals surface area contributed by atoms with Gasteiger partial charge in [-0.15, -0.1) is 0 Å². The SMILES string of the molecule is COc1ccc(N2C[C@H](C(N)=O)CC2=O)cc1OC. The van der Waals surface area contributed by atoms with E-state index in [0.29, 0.717) is 23.7 Å². The Labute approximate surface area is 111 Å². The third-order valence-corrected chi connectivity index (χ3v) is 3.21. The number of nitrogens with two attached hydrogens (primary N) is 1. The summed E-state index contributed by atoms with van der Waals surface area (Å²) in [7, 11) is 3.07. The van der Waals surface area contributed by atoms with Crippen molar-refractivity contribution in [1.29, 1.82) is 0 Å². The number of nitrogens with zero attached hydrogens (tertiary/aromatic N) is 1. The molecule has 1 aromatic rings. The number of carbonyl (C=O) groups is 2. The average molecular weight is 264 g/mol. The van der Waals surface area contributed by atoms with Crippen LogP contribution in [0, 0.1) is 5.92 Å². The number of primary amides is 1. The van der Waals surface area contributed by atoms with E-state index in [2.05, 4.69) is 0 Å². The number of benzene rings is 1. The molecule has 0 radical (unpaired) electrons. The molecule has 0 unspecified atom stereocenters. The zero-order valence-corrected chi connectivity index (χ0v) is 10.9. The summed E-state index contributed by atoms with van der Waals surface area (Å²) in [5.41, 5.74) is 5.91. The molecule has 2 N–H and O–H groups in total. The molecule has 6 nitrogen and oxygen atoms in total. The molecule has 0 bridgehead atoms. The predicted octanol–water partition coefficient (Wildman–Crippen LogP) is 0.542. The van der Waals surface area contributed by atoms with Crippen molar-refractivity contribution >= 4 is 17.5 Å². The molecule has 1 aliphatic heterocycles. The lowest BCUT2D eigenvalue weighted by Crippen LogP contribution is -2.28. The Bertz CT molecular complexity index is 515. The van der Waals surface area contributed by atoms with E-state index in [1.807, 2.05) is 0 Å². The fourth-order valence-electron chi connectivity index (χ4n) is 2.14. The number of anilines is 1. The van der Waals surface area contributed by atoms with Crippen LogP contribution in [0.5, 0.6) is 11.5 Å². The molecular weight excluding hydrogens is 248 g/mol. The summed E-state index contributed by atoms with van der Waals surface area (Å²) in [5.74, 6) is 0.132. The summed E-state index contributed by atoms with van der Waals surface area (Å²) in [4.78, 5) is 24.6. The van der Waals surface area contributed by atoms with Gasteiger partial charge in [-0.25, -0.2) is 0 Å². The summed E-state index contributed by atoms with van der Waals surface area (Å²) < 4.78 is 10.3. The third-order valence-electron chi connectivity index (χ3n) is 3.21. The van der Waals surface area contributed by atoms with E-state index in [4.69, 9.17) is 15.2 Å². The lowest BCUT2D eigenvalue weighted by molar-refractivity contribution is -0.123. The number of amides is 2. The topological polar surface area (TPSA) is 81.9 Å². The van der Waals surface area contributed by atoms with Crippen molar-refractivity contribution < 1.29 is 19.1 Å². The lowest BCUT2D eigenvalue weighted by Gasteiger charge is -2.18. The van der Waals surface area contributed by atoms with Crippen molar-refractivity contribution in [3.63, 3.8) is 0 Å². The second kappa shape index (κ2) is 5.17. The molecular formula is C13H16N2O4. The smallest absolute Gasteiger partial charge is 0.227 e. The highest BCUT2D eigenvalue weighted by molar-refractivity contribution is 6.00. The van der Waals surface area contributed by atoms with Gasteiger partial charge in [0.25, 0.3) is 0 Å². The fourth-order valence-corrected chi connectivity index (χ4v) is 2.14. The Kier molecular flexibility index (Phi) is 3.59. The van der Waals surface area contributed by atoms with Gasteiger partial charge in [0.15, 0.2) is 11.5 Å². The van der Waals surface area contributed by atoms with Crippen LogP contribution in [0.3, 0.4) is 0 Å². The van der Waals surface area contributed by atoms with E-state index in [9.17, 15) is 9.59 Å². The summed E-state index contributed by atoms with van der Waals surface area (Å²) in [5, 5.41) is 0. The first-order chi connectivity index (χ1) is 9.06. The number of hydrogen-bond acceptors (Lipinski definition) is 4. The molecule has 1 saturated heterocycles. The van der Waals surface area contributed by atoms with E-state index >= 15 is 0 Å². The summed E-state index contributed by atoms with van der Waals surface area (Å²) in [6, 6.07) is 5.18. The summed E-state index contributed by atoms with van der Waals surface area (Å²) in [6.45, 7) is 0.309. The Morgan fingerprint density at radius 2 is 2.00 bits per heavy atom. The quantitative estimate of drug-likeness (QED) is 0.860. The first-order valence-corrected chi connectivity index (χ1v) is 5.88. The molecule has 1 aliphatic rings. The molecule has 2 rings (SSSR count). The van der Waals surface area contributed by atoms with E-state index in [0.717, 1.165) is 0 Å². The molecule has 19 heavy (non-hydrogen) atoms. The van der Waals surface area contributed by atoms with Crippen LogP contribution in [0.2, 0.25) is 0 Å². The first-order valence-electron chi connectivity index (χ1n) is 5.88.